The van der Waals surface area contributed by atoms with Crippen LogP contribution in [0.15, 0.2) is 66.7 Å². The van der Waals surface area contributed by atoms with Crippen LogP contribution >= 0.6 is 0 Å². The van der Waals surface area contributed by atoms with E-state index in [0.29, 0.717) is 13.0 Å². The number of anilines is 1. The number of non-ortho nitro benzene ring substituents is 1. The minimum Gasteiger partial charge on any atom is -0.393 e. The number of hydrogen-bond donors (Lipinski definition) is 3. The molecule has 0 bridgehead atoms. The number of nitro benzene ring substituents is 1. The lowest BCUT2D eigenvalue weighted by molar-refractivity contribution is -0.384. The van der Waals surface area contributed by atoms with Crippen LogP contribution in [0.1, 0.15) is 23.1 Å². The van der Waals surface area contributed by atoms with Crippen LogP contribution in [-0.2, 0) is 19.4 Å². The predicted molar refractivity (Wildman–Crippen MR) is 119 cm³/mol. The molecule has 0 radical (unpaired) electrons. The van der Waals surface area contributed by atoms with Crippen molar-refractivity contribution >= 4 is 17.4 Å². The fourth-order valence-electron chi connectivity index (χ4n) is 3.85. The first kappa shape index (κ1) is 20.6. The largest absolute Gasteiger partial charge is 0.393 e. The highest BCUT2D eigenvalue weighted by Gasteiger charge is 2.19. The van der Waals surface area contributed by atoms with E-state index < -0.39 is 4.92 Å². The van der Waals surface area contributed by atoms with E-state index in [1.807, 2.05) is 48.5 Å². The number of carbonyl (C=O) groups excluding carboxylic acids is 1. The molecule has 0 aromatic heterocycles. The van der Waals surface area contributed by atoms with Crippen LogP contribution < -0.4 is 10.6 Å². The van der Waals surface area contributed by atoms with Gasteiger partial charge in [-0.15, -0.1) is 0 Å². The smallest absolute Gasteiger partial charge is 0.319 e. The summed E-state index contributed by atoms with van der Waals surface area (Å²) >= 11 is 0. The maximum Gasteiger partial charge on any atom is 0.319 e. The van der Waals surface area contributed by atoms with Crippen molar-refractivity contribution in [1.82, 2.24) is 5.32 Å². The van der Waals surface area contributed by atoms with Crippen LogP contribution in [0, 0.1) is 10.1 Å². The van der Waals surface area contributed by atoms with Gasteiger partial charge in [0.1, 0.15) is 0 Å². The SMILES string of the molecule is O=C(NCc1ccc(-c2cccc([N+](=O)[O-])c2)cc1)Nc1cccc2c1CC(O)CC2. The van der Waals surface area contributed by atoms with Gasteiger partial charge in [-0.05, 0) is 46.7 Å². The summed E-state index contributed by atoms with van der Waals surface area (Å²) in [6.45, 7) is 0.346. The van der Waals surface area contributed by atoms with E-state index >= 15 is 0 Å². The molecule has 1 aliphatic carbocycles. The van der Waals surface area contributed by atoms with E-state index in [9.17, 15) is 20.0 Å². The zero-order valence-corrected chi connectivity index (χ0v) is 16.9. The van der Waals surface area contributed by atoms with Gasteiger partial charge in [0.2, 0.25) is 0 Å². The van der Waals surface area contributed by atoms with Gasteiger partial charge in [-0.1, -0.05) is 48.5 Å². The van der Waals surface area contributed by atoms with Crippen LogP contribution in [0.2, 0.25) is 0 Å². The first-order chi connectivity index (χ1) is 15.0. The number of carbonyl (C=O) groups is 1. The number of fused-ring (bicyclic) bond motifs is 1. The van der Waals surface area contributed by atoms with Crippen LogP contribution in [0.3, 0.4) is 0 Å². The molecule has 3 N–H and O–H groups in total. The summed E-state index contributed by atoms with van der Waals surface area (Å²) in [5.41, 5.74) is 5.49. The summed E-state index contributed by atoms with van der Waals surface area (Å²) in [5, 5.41) is 26.6. The number of rotatable bonds is 5. The Kier molecular flexibility index (Phi) is 5.95. The number of urea groups is 1. The molecule has 7 nitrogen and oxygen atoms in total. The predicted octanol–water partition coefficient (Wildman–Crippen LogP) is 4.43. The Bertz CT molecular complexity index is 1110. The maximum atomic E-state index is 12.4. The van der Waals surface area contributed by atoms with Crippen LogP contribution in [0.5, 0.6) is 0 Å². The maximum absolute atomic E-state index is 12.4. The molecule has 1 aliphatic rings. The average Bonchev–Trinajstić information content (AvgIpc) is 2.78. The van der Waals surface area contributed by atoms with Crippen LogP contribution in [0.4, 0.5) is 16.2 Å². The van der Waals surface area contributed by atoms with Crippen LogP contribution in [0.25, 0.3) is 11.1 Å². The summed E-state index contributed by atoms with van der Waals surface area (Å²) in [4.78, 5) is 22.9. The molecule has 7 heteroatoms. The molecule has 0 spiro atoms. The summed E-state index contributed by atoms with van der Waals surface area (Å²) in [6.07, 6.45) is 1.73. The van der Waals surface area contributed by atoms with Gasteiger partial charge >= 0.3 is 6.03 Å². The van der Waals surface area contributed by atoms with Crippen molar-refractivity contribution in [3.8, 4) is 11.1 Å². The Morgan fingerprint density at radius 1 is 1.06 bits per heavy atom. The van der Waals surface area contributed by atoms with Gasteiger partial charge in [0.05, 0.1) is 11.0 Å². The topological polar surface area (TPSA) is 104 Å². The van der Waals surface area contributed by atoms with E-state index in [0.717, 1.165) is 40.8 Å². The second-order valence-corrected chi connectivity index (χ2v) is 7.65. The van der Waals surface area contributed by atoms with Gasteiger partial charge in [0.15, 0.2) is 0 Å². The first-order valence-corrected chi connectivity index (χ1v) is 10.2. The molecule has 0 saturated heterocycles. The van der Waals surface area contributed by atoms with Gasteiger partial charge in [0.25, 0.3) is 5.69 Å². The lowest BCUT2D eigenvalue weighted by Gasteiger charge is -2.23. The molecule has 158 valence electrons. The lowest BCUT2D eigenvalue weighted by Crippen LogP contribution is -2.29. The van der Waals surface area contributed by atoms with Gasteiger partial charge in [-0.3, -0.25) is 10.1 Å². The van der Waals surface area contributed by atoms with E-state index in [2.05, 4.69) is 10.6 Å². The van der Waals surface area contributed by atoms with Crippen molar-refractivity contribution in [3.63, 3.8) is 0 Å². The van der Waals surface area contributed by atoms with Gasteiger partial charge in [-0.25, -0.2) is 4.79 Å². The van der Waals surface area contributed by atoms with E-state index in [1.54, 1.807) is 6.07 Å². The third-order valence-corrected chi connectivity index (χ3v) is 5.51. The lowest BCUT2D eigenvalue weighted by atomic mass is 9.88. The van der Waals surface area contributed by atoms with Gasteiger partial charge < -0.3 is 15.7 Å². The molecule has 0 aliphatic heterocycles. The molecule has 3 aromatic rings. The molecule has 0 fully saturated rings. The minimum absolute atomic E-state index is 0.0514. The highest BCUT2D eigenvalue weighted by molar-refractivity contribution is 5.90. The number of nitrogens with one attached hydrogen (secondary N) is 2. The fraction of sp³-hybridized carbons (Fsp3) is 0.208. The number of aryl methyl sites for hydroxylation is 1. The fourth-order valence-corrected chi connectivity index (χ4v) is 3.85. The molecular formula is C24H23N3O4. The Morgan fingerprint density at radius 2 is 1.84 bits per heavy atom. The number of nitrogens with zero attached hydrogens (tertiary/aromatic N) is 1. The Labute approximate surface area is 179 Å². The zero-order valence-electron chi connectivity index (χ0n) is 16.9. The average molecular weight is 417 g/mol. The number of amides is 2. The summed E-state index contributed by atoms with van der Waals surface area (Å²) in [6, 6.07) is 19.5. The summed E-state index contributed by atoms with van der Waals surface area (Å²) < 4.78 is 0. The molecular weight excluding hydrogens is 394 g/mol. The number of aliphatic hydroxyl groups excluding tert-OH is 1. The van der Waals surface area contributed by atoms with Gasteiger partial charge in [-0.2, -0.15) is 0 Å². The van der Waals surface area contributed by atoms with Crippen molar-refractivity contribution in [2.75, 3.05) is 5.32 Å². The van der Waals surface area contributed by atoms with E-state index in [-0.39, 0.29) is 17.8 Å². The minimum atomic E-state index is -0.412. The Balaban J connectivity index is 1.37. The van der Waals surface area contributed by atoms with Crippen molar-refractivity contribution < 1.29 is 14.8 Å². The van der Waals surface area contributed by atoms with Crippen molar-refractivity contribution in [1.29, 1.82) is 0 Å². The zero-order chi connectivity index (χ0) is 21.8. The van der Waals surface area contributed by atoms with Crippen molar-refractivity contribution in [2.24, 2.45) is 0 Å². The highest BCUT2D eigenvalue weighted by Crippen LogP contribution is 2.28. The molecule has 1 atom stereocenters. The molecule has 3 aromatic carbocycles. The monoisotopic (exact) mass is 417 g/mol. The number of aliphatic hydroxyl groups is 1. The molecule has 4 rings (SSSR count). The van der Waals surface area contributed by atoms with Crippen molar-refractivity contribution in [3.05, 3.63) is 93.5 Å². The Morgan fingerprint density at radius 3 is 2.61 bits per heavy atom. The number of nitro groups is 1. The summed E-state index contributed by atoms with van der Waals surface area (Å²) in [5.74, 6) is 0. The third-order valence-electron chi connectivity index (χ3n) is 5.51. The molecule has 0 saturated carbocycles. The van der Waals surface area contributed by atoms with Crippen molar-refractivity contribution in [2.45, 2.75) is 31.9 Å². The summed E-state index contributed by atoms with van der Waals surface area (Å²) in [7, 11) is 0. The second kappa shape index (κ2) is 8.97. The molecule has 1 unspecified atom stereocenters. The Hall–Kier alpha value is -3.71. The number of benzene rings is 3. The van der Waals surface area contributed by atoms with Gasteiger partial charge in [0, 0.05) is 30.8 Å². The normalized spacial score (nSPS) is 15.1. The van der Waals surface area contributed by atoms with E-state index in [4.69, 9.17) is 0 Å². The quantitative estimate of drug-likeness (QED) is 0.422. The molecule has 31 heavy (non-hydrogen) atoms. The standard InChI is InChI=1S/C24H23N3O4/c28-21-12-11-18-3-2-6-23(22(18)14-21)26-24(29)25-15-16-7-9-17(10-8-16)19-4-1-5-20(13-19)27(30)31/h1-10,13,21,28H,11-12,14-15H2,(H2,25,26,29). The highest BCUT2D eigenvalue weighted by atomic mass is 16.6. The third kappa shape index (κ3) is 4.90. The number of hydrogen-bond acceptors (Lipinski definition) is 4. The van der Waals surface area contributed by atoms with Crippen LogP contribution in [-0.4, -0.2) is 22.2 Å². The van der Waals surface area contributed by atoms with E-state index in [1.165, 1.54) is 17.7 Å². The second-order valence-electron chi connectivity index (χ2n) is 7.65. The molecule has 0 heterocycles. The first-order valence-electron chi connectivity index (χ1n) is 10.2. The molecule has 2 amide bonds.